The summed E-state index contributed by atoms with van der Waals surface area (Å²) in [6, 6.07) is 0. The van der Waals surface area contributed by atoms with Crippen molar-refractivity contribution in [3.8, 4) is 0 Å². The molecule has 0 atom stereocenters. The summed E-state index contributed by atoms with van der Waals surface area (Å²) in [6.45, 7) is 1.89. The lowest BCUT2D eigenvalue weighted by molar-refractivity contribution is -0.136. The van der Waals surface area contributed by atoms with Gasteiger partial charge in [0.1, 0.15) is 6.10 Å². The van der Waals surface area contributed by atoms with Gasteiger partial charge in [0.05, 0.1) is 11.9 Å². The first-order valence-corrected chi connectivity index (χ1v) is 8.31. The Labute approximate surface area is 128 Å². The molecule has 0 heterocycles. The van der Waals surface area contributed by atoms with Gasteiger partial charge in [-0.25, -0.2) is 4.79 Å². The van der Waals surface area contributed by atoms with Crippen molar-refractivity contribution in [3.05, 3.63) is 0 Å². The summed E-state index contributed by atoms with van der Waals surface area (Å²) in [4.78, 5) is 28.7. The summed E-state index contributed by atoms with van der Waals surface area (Å²) in [5.41, 5.74) is -0.259. The van der Waals surface area contributed by atoms with Gasteiger partial charge in [-0.1, -0.05) is 40.3 Å². The predicted octanol–water partition coefficient (Wildman–Crippen LogP) is 3.00. The van der Waals surface area contributed by atoms with Gasteiger partial charge in [0.15, 0.2) is 0 Å². The van der Waals surface area contributed by atoms with Crippen LogP contribution in [0.2, 0.25) is 0 Å². The summed E-state index contributed by atoms with van der Waals surface area (Å²) in [5.74, 6) is -1.14. The lowest BCUT2D eigenvalue weighted by Gasteiger charge is -2.17. The molecule has 0 radical (unpaired) electrons. The lowest BCUT2D eigenvalue weighted by Crippen LogP contribution is -2.28. The van der Waals surface area contributed by atoms with Crippen molar-refractivity contribution in [3.63, 3.8) is 0 Å². The Morgan fingerprint density at radius 3 is 2.30 bits per heavy atom. The fourth-order valence-electron chi connectivity index (χ4n) is 2.12. The van der Waals surface area contributed by atoms with E-state index in [4.69, 9.17) is 9.57 Å². The van der Waals surface area contributed by atoms with Gasteiger partial charge in [0, 0.05) is 0 Å². The van der Waals surface area contributed by atoms with Gasteiger partial charge in [-0.15, -0.1) is 0 Å². The molecule has 6 heteroatoms. The van der Waals surface area contributed by atoms with Crippen LogP contribution in [0.4, 0.5) is 0 Å². The number of carbonyl (C=O) groups is 2. The third-order valence-electron chi connectivity index (χ3n) is 3.20. The maximum Gasteiger partial charge on any atom is 0.364 e. The molecule has 0 bridgehead atoms. The number of rotatable bonds is 6. The zero-order valence-electron chi connectivity index (χ0n) is 11.9. The fourth-order valence-corrected chi connectivity index (χ4v) is 2.38. The Morgan fingerprint density at radius 1 is 1.15 bits per heavy atom. The molecule has 0 aliphatic heterocycles. The van der Waals surface area contributed by atoms with Crippen molar-refractivity contribution >= 4 is 33.4 Å². The highest BCUT2D eigenvalue weighted by Gasteiger charge is 2.23. The number of esters is 1. The molecule has 1 fully saturated rings. The highest BCUT2D eigenvalue weighted by atomic mass is 79.9. The molecule has 20 heavy (non-hydrogen) atoms. The van der Waals surface area contributed by atoms with E-state index in [1.54, 1.807) is 6.92 Å². The standard InChI is InChI=1S/C14H22BrNO4/c1-2-19-14(18)13(12(17)10-15)16-20-11-8-6-4-3-5-7-9-11/h11H,2-10H2,1H3/b16-13+. The maximum absolute atomic E-state index is 11.7. The van der Waals surface area contributed by atoms with Gasteiger partial charge in [-0.2, -0.15) is 0 Å². The summed E-state index contributed by atoms with van der Waals surface area (Å²) >= 11 is 3.03. The molecule has 1 aliphatic carbocycles. The van der Waals surface area contributed by atoms with Crippen molar-refractivity contribution < 1.29 is 19.2 Å². The Morgan fingerprint density at radius 2 is 1.75 bits per heavy atom. The number of nitrogens with zero attached hydrogens (tertiary/aromatic N) is 1. The average molecular weight is 348 g/mol. The fraction of sp³-hybridized carbons (Fsp3) is 0.786. The molecule has 0 spiro atoms. The Kier molecular flexibility index (Phi) is 8.49. The molecular formula is C14H22BrNO4. The zero-order chi connectivity index (χ0) is 14.8. The van der Waals surface area contributed by atoms with E-state index in [1.807, 2.05) is 0 Å². The van der Waals surface area contributed by atoms with Crippen LogP contribution in [0.1, 0.15) is 51.9 Å². The summed E-state index contributed by atoms with van der Waals surface area (Å²) < 4.78 is 4.82. The average Bonchev–Trinajstić information content (AvgIpc) is 2.40. The normalized spacial score (nSPS) is 18.0. The van der Waals surface area contributed by atoms with Crippen molar-refractivity contribution in [2.24, 2.45) is 5.16 Å². The minimum Gasteiger partial charge on any atom is -0.461 e. The molecule has 0 amide bonds. The first-order chi connectivity index (χ1) is 9.69. The molecule has 0 aromatic rings. The van der Waals surface area contributed by atoms with Crippen LogP contribution >= 0.6 is 15.9 Å². The van der Waals surface area contributed by atoms with Crippen LogP contribution in [-0.2, 0) is 19.2 Å². The second-order valence-electron chi connectivity index (χ2n) is 4.79. The van der Waals surface area contributed by atoms with Crippen molar-refractivity contribution in [2.75, 3.05) is 11.9 Å². The first kappa shape index (κ1) is 17.1. The highest BCUT2D eigenvalue weighted by Crippen LogP contribution is 2.19. The van der Waals surface area contributed by atoms with Gasteiger partial charge in [0.25, 0.3) is 0 Å². The van der Waals surface area contributed by atoms with E-state index in [0.29, 0.717) is 0 Å². The smallest absolute Gasteiger partial charge is 0.364 e. The third kappa shape index (κ3) is 6.03. The minimum atomic E-state index is -0.720. The van der Waals surface area contributed by atoms with Crippen molar-refractivity contribution in [1.82, 2.24) is 0 Å². The highest BCUT2D eigenvalue weighted by molar-refractivity contribution is 9.09. The summed E-state index contributed by atoms with van der Waals surface area (Å²) in [7, 11) is 0. The molecule has 0 saturated heterocycles. The van der Waals surface area contributed by atoms with E-state index < -0.39 is 11.8 Å². The quantitative estimate of drug-likeness (QED) is 0.243. The molecular weight excluding hydrogens is 326 g/mol. The second kappa shape index (κ2) is 9.91. The van der Waals surface area contributed by atoms with E-state index in [2.05, 4.69) is 21.1 Å². The minimum absolute atomic E-state index is 0.0112. The zero-order valence-corrected chi connectivity index (χ0v) is 13.5. The van der Waals surface area contributed by atoms with Gasteiger partial charge in [0.2, 0.25) is 11.5 Å². The Bertz CT molecular complexity index is 349. The predicted molar refractivity (Wildman–Crippen MR) is 80.1 cm³/mol. The van der Waals surface area contributed by atoms with Crippen LogP contribution in [0.15, 0.2) is 5.16 Å². The molecule has 114 valence electrons. The van der Waals surface area contributed by atoms with Crippen LogP contribution in [0.25, 0.3) is 0 Å². The number of ether oxygens (including phenoxy) is 1. The number of hydrogen-bond acceptors (Lipinski definition) is 5. The van der Waals surface area contributed by atoms with Gasteiger partial charge >= 0.3 is 5.97 Å². The van der Waals surface area contributed by atoms with E-state index >= 15 is 0 Å². The van der Waals surface area contributed by atoms with E-state index in [9.17, 15) is 9.59 Å². The molecule has 1 aliphatic rings. The van der Waals surface area contributed by atoms with Gasteiger partial charge < -0.3 is 9.57 Å². The van der Waals surface area contributed by atoms with Crippen LogP contribution in [0.5, 0.6) is 0 Å². The lowest BCUT2D eigenvalue weighted by atomic mass is 9.99. The number of Topliss-reactive ketones (excluding diaryl/α,β-unsaturated/α-hetero) is 1. The van der Waals surface area contributed by atoms with E-state index in [1.165, 1.54) is 19.3 Å². The molecule has 1 saturated carbocycles. The third-order valence-corrected chi connectivity index (χ3v) is 3.71. The topological polar surface area (TPSA) is 65.0 Å². The van der Waals surface area contributed by atoms with E-state index in [-0.39, 0.29) is 23.8 Å². The first-order valence-electron chi connectivity index (χ1n) is 7.19. The number of oxime groups is 1. The molecule has 0 aromatic carbocycles. The Balaban J connectivity index is 2.64. The Hall–Kier alpha value is -0.910. The SMILES string of the molecule is CCOC(=O)/C(=N/OC1CCCCCCC1)C(=O)CBr. The molecule has 0 unspecified atom stereocenters. The number of carbonyl (C=O) groups excluding carboxylic acids is 2. The number of halogens is 1. The van der Waals surface area contributed by atoms with Crippen molar-refractivity contribution in [1.29, 1.82) is 0 Å². The van der Waals surface area contributed by atoms with Crippen LogP contribution in [0.3, 0.4) is 0 Å². The monoisotopic (exact) mass is 347 g/mol. The number of hydrogen-bond donors (Lipinski definition) is 0. The molecule has 0 N–H and O–H groups in total. The molecule has 0 aromatic heterocycles. The second-order valence-corrected chi connectivity index (χ2v) is 5.35. The maximum atomic E-state index is 11.7. The molecule has 1 rings (SSSR count). The van der Waals surface area contributed by atoms with Crippen LogP contribution in [-0.4, -0.2) is 35.5 Å². The van der Waals surface area contributed by atoms with Crippen LogP contribution < -0.4 is 0 Å². The van der Waals surface area contributed by atoms with Gasteiger partial charge in [-0.05, 0) is 32.6 Å². The largest absolute Gasteiger partial charge is 0.461 e. The van der Waals surface area contributed by atoms with Crippen LogP contribution in [0, 0.1) is 0 Å². The van der Waals surface area contributed by atoms with Crippen molar-refractivity contribution in [2.45, 2.75) is 58.0 Å². The number of alkyl halides is 1. The molecule has 5 nitrogen and oxygen atoms in total. The summed E-state index contributed by atoms with van der Waals surface area (Å²) in [5, 5.41) is 3.80. The number of ketones is 1. The summed E-state index contributed by atoms with van der Waals surface area (Å²) in [6.07, 6.45) is 7.70. The van der Waals surface area contributed by atoms with E-state index in [0.717, 1.165) is 25.7 Å². The van der Waals surface area contributed by atoms with Gasteiger partial charge in [-0.3, -0.25) is 4.79 Å².